The van der Waals surface area contributed by atoms with Crippen molar-refractivity contribution in [2.24, 2.45) is 5.92 Å². The molecular formula is C20H21N7O. The largest absolute Gasteiger partial charge is 0.381 e. The van der Waals surface area contributed by atoms with Crippen LogP contribution in [0.5, 0.6) is 0 Å². The molecule has 28 heavy (non-hydrogen) atoms. The van der Waals surface area contributed by atoms with Crippen molar-refractivity contribution in [3.05, 3.63) is 54.5 Å². The van der Waals surface area contributed by atoms with Crippen LogP contribution in [0.25, 0.3) is 17.0 Å². The molecule has 0 aliphatic carbocycles. The number of hydrogen-bond donors (Lipinski definition) is 2. The van der Waals surface area contributed by atoms with Gasteiger partial charge in [-0.2, -0.15) is 10.1 Å². The van der Waals surface area contributed by atoms with Gasteiger partial charge in [-0.1, -0.05) is 6.07 Å². The van der Waals surface area contributed by atoms with Gasteiger partial charge in [-0.15, -0.1) is 5.10 Å². The van der Waals surface area contributed by atoms with Crippen LogP contribution in [0.4, 0.5) is 11.6 Å². The lowest BCUT2D eigenvalue weighted by atomic mass is 9.95. The van der Waals surface area contributed by atoms with Crippen LogP contribution in [0.15, 0.2) is 48.8 Å². The molecule has 142 valence electrons. The van der Waals surface area contributed by atoms with Crippen LogP contribution < -0.4 is 5.32 Å². The lowest BCUT2D eigenvalue weighted by Crippen LogP contribution is -2.18. The predicted octanol–water partition coefficient (Wildman–Crippen LogP) is 3.23. The van der Waals surface area contributed by atoms with Crippen molar-refractivity contribution in [1.82, 2.24) is 29.8 Å². The number of fused-ring (bicyclic) bond motifs is 1. The fourth-order valence-electron chi connectivity index (χ4n) is 3.60. The Morgan fingerprint density at radius 3 is 2.75 bits per heavy atom. The van der Waals surface area contributed by atoms with E-state index in [4.69, 9.17) is 4.74 Å². The first-order chi connectivity index (χ1) is 13.8. The quantitative estimate of drug-likeness (QED) is 0.556. The van der Waals surface area contributed by atoms with Gasteiger partial charge in [-0.05, 0) is 61.6 Å². The predicted molar refractivity (Wildman–Crippen MR) is 105 cm³/mol. The summed E-state index contributed by atoms with van der Waals surface area (Å²) in [5.74, 6) is 1.98. The van der Waals surface area contributed by atoms with Crippen LogP contribution >= 0.6 is 0 Å². The minimum absolute atomic E-state index is 0.590. The van der Waals surface area contributed by atoms with Gasteiger partial charge >= 0.3 is 0 Å². The molecule has 0 saturated carbocycles. The van der Waals surface area contributed by atoms with E-state index in [2.05, 4.69) is 42.7 Å². The number of aromatic nitrogens is 6. The molecule has 4 aromatic rings. The molecule has 4 heterocycles. The van der Waals surface area contributed by atoms with Gasteiger partial charge in [0, 0.05) is 30.2 Å². The highest BCUT2D eigenvalue weighted by molar-refractivity contribution is 5.62. The first-order valence-corrected chi connectivity index (χ1v) is 9.50. The SMILES string of the molecule is c1cc(CC2CCOCC2)n2nc(Nc3ccc(-c4ncn[nH]4)cc3)nc2c1. The molecule has 2 N–H and O–H groups in total. The summed E-state index contributed by atoms with van der Waals surface area (Å²) < 4.78 is 7.42. The van der Waals surface area contributed by atoms with Gasteiger partial charge in [0.15, 0.2) is 11.5 Å². The second-order valence-corrected chi connectivity index (χ2v) is 7.02. The number of hydrogen-bond acceptors (Lipinski definition) is 6. The van der Waals surface area contributed by atoms with Gasteiger partial charge < -0.3 is 10.1 Å². The number of aromatic amines is 1. The van der Waals surface area contributed by atoms with Crippen LogP contribution in [0.2, 0.25) is 0 Å². The van der Waals surface area contributed by atoms with E-state index in [1.807, 2.05) is 34.8 Å². The molecule has 0 atom stereocenters. The van der Waals surface area contributed by atoms with Gasteiger partial charge in [0.05, 0.1) is 0 Å². The number of benzene rings is 1. The minimum Gasteiger partial charge on any atom is -0.381 e. The van der Waals surface area contributed by atoms with Crippen LogP contribution in [0.3, 0.4) is 0 Å². The Labute approximate surface area is 162 Å². The zero-order chi connectivity index (χ0) is 18.8. The fraction of sp³-hybridized carbons (Fsp3) is 0.300. The smallest absolute Gasteiger partial charge is 0.247 e. The van der Waals surface area contributed by atoms with Gasteiger partial charge in [0.2, 0.25) is 5.95 Å². The molecular weight excluding hydrogens is 354 g/mol. The molecule has 5 rings (SSSR count). The highest BCUT2D eigenvalue weighted by Gasteiger charge is 2.17. The summed E-state index contributed by atoms with van der Waals surface area (Å²) in [5, 5.41) is 14.7. The zero-order valence-electron chi connectivity index (χ0n) is 15.4. The van der Waals surface area contributed by atoms with Gasteiger partial charge in [0.1, 0.15) is 6.33 Å². The molecule has 1 saturated heterocycles. The Bertz CT molecular complexity index is 1050. The van der Waals surface area contributed by atoms with E-state index in [1.165, 1.54) is 12.0 Å². The summed E-state index contributed by atoms with van der Waals surface area (Å²) in [4.78, 5) is 8.79. The number of nitrogens with zero attached hydrogens (tertiary/aromatic N) is 5. The normalized spacial score (nSPS) is 15.1. The van der Waals surface area contributed by atoms with E-state index in [1.54, 1.807) is 0 Å². The standard InChI is InChI=1S/C20H21N7O/c1-2-17(12-14-8-10-28-11-9-14)27-18(3-1)24-20(26-27)23-16-6-4-15(5-7-16)19-21-13-22-25-19/h1-7,13-14H,8-12H2,(H,23,26)(H,21,22,25). The number of ether oxygens (including phenoxy) is 1. The molecule has 1 aromatic carbocycles. The molecule has 0 spiro atoms. The van der Waals surface area contributed by atoms with Crippen molar-refractivity contribution < 1.29 is 4.74 Å². The second kappa shape index (κ2) is 7.40. The molecule has 8 heteroatoms. The number of H-pyrrole nitrogens is 1. The van der Waals surface area contributed by atoms with Crippen LogP contribution in [-0.4, -0.2) is 43.0 Å². The second-order valence-electron chi connectivity index (χ2n) is 7.02. The zero-order valence-corrected chi connectivity index (χ0v) is 15.4. The fourth-order valence-corrected chi connectivity index (χ4v) is 3.60. The highest BCUT2D eigenvalue weighted by atomic mass is 16.5. The number of nitrogens with one attached hydrogen (secondary N) is 2. The Kier molecular flexibility index (Phi) is 4.46. The monoisotopic (exact) mass is 375 g/mol. The van der Waals surface area contributed by atoms with Gasteiger partial charge in [0.25, 0.3) is 0 Å². The van der Waals surface area contributed by atoms with E-state index >= 15 is 0 Å². The molecule has 3 aromatic heterocycles. The first kappa shape index (κ1) is 16.9. The summed E-state index contributed by atoms with van der Waals surface area (Å²) in [5.41, 5.74) is 3.94. The average molecular weight is 375 g/mol. The van der Waals surface area contributed by atoms with Crippen molar-refractivity contribution in [2.75, 3.05) is 18.5 Å². The number of rotatable bonds is 5. The number of anilines is 2. The van der Waals surface area contributed by atoms with Crippen molar-refractivity contribution in [3.8, 4) is 11.4 Å². The third-order valence-corrected chi connectivity index (χ3v) is 5.11. The summed E-state index contributed by atoms with van der Waals surface area (Å²) in [6.45, 7) is 1.71. The molecule has 0 bridgehead atoms. The van der Waals surface area contributed by atoms with Crippen LogP contribution in [0.1, 0.15) is 18.5 Å². The molecule has 1 aliphatic rings. The Hall–Kier alpha value is -3.26. The highest BCUT2D eigenvalue weighted by Crippen LogP contribution is 2.22. The molecule has 0 unspecified atom stereocenters. The van der Waals surface area contributed by atoms with Gasteiger partial charge in [-0.3, -0.25) is 5.10 Å². The van der Waals surface area contributed by atoms with E-state index in [0.29, 0.717) is 11.9 Å². The Balaban J connectivity index is 1.35. The van der Waals surface area contributed by atoms with Gasteiger partial charge in [-0.25, -0.2) is 9.50 Å². The third kappa shape index (κ3) is 3.46. The van der Waals surface area contributed by atoms with Crippen molar-refractivity contribution in [3.63, 3.8) is 0 Å². The van der Waals surface area contributed by atoms with E-state index < -0.39 is 0 Å². The molecule has 1 aliphatic heterocycles. The summed E-state index contributed by atoms with van der Waals surface area (Å²) in [6.07, 6.45) is 4.71. The van der Waals surface area contributed by atoms with Crippen molar-refractivity contribution in [1.29, 1.82) is 0 Å². The maximum atomic E-state index is 5.47. The van der Waals surface area contributed by atoms with Crippen LogP contribution in [0, 0.1) is 5.92 Å². The lowest BCUT2D eigenvalue weighted by molar-refractivity contribution is 0.0661. The first-order valence-electron chi connectivity index (χ1n) is 9.50. The maximum absolute atomic E-state index is 5.47. The van der Waals surface area contributed by atoms with Crippen molar-refractivity contribution in [2.45, 2.75) is 19.3 Å². The number of pyridine rings is 1. The van der Waals surface area contributed by atoms with Crippen molar-refractivity contribution >= 4 is 17.3 Å². The van der Waals surface area contributed by atoms with E-state index in [-0.39, 0.29) is 0 Å². The topological polar surface area (TPSA) is 93.0 Å². The molecule has 0 radical (unpaired) electrons. The Morgan fingerprint density at radius 1 is 1.11 bits per heavy atom. The average Bonchev–Trinajstić information content (AvgIpc) is 3.40. The minimum atomic E-state index is 0.590. The Morgan fingerprint density at radius 2 is 1.96 bits per heavy atom. The summed E-state index contributed by atoms with van der Waals surface area (Å²) >= 11 is 0. The van der Waals surface area contributed by atoms with Crippen LogP contribution in [-0.2, 0) is 11.2 Å². The summed E-state index contributed by atoms with van der Waals surface area (Å²) in [6, 6.07) is 14.1. The third-order valence-electron chi connectivity index (χ3n) is 5.11. The lowest BCUT2D eigenvalue weighted by Gasteiger charge is -2.21. The molecule has 0 amide bonds. The summed E-state index contributed by atoms with van der Waals surface area (Å²) in [7, 11) is 0. The maximum Gasteiger partial charge on any atom is 0.247 e. The van der Waals surface area contributed by atoms with E-state index in [0.717, 1.165) is 55.2 Å². The molecule has 8 nitrogen and oxygen atoms in total. The van der Waals surface area contributed by atoms with E-state index in [9.17, 15) is 0 Å². The molecule has 1 fully saturated rings.